The predicted octanol–water partition coefficient (Wildman–Crippen LogP) is 3.03. The molecule has 2 rings (SSSR count). The lowest BCUT2D eigenvalue weighted by Gasteiger charge is -2.16. The predicted molar refractivity (Wildman–Crippen MR) is 87.9 cm³/mol. The average molecular weight is 302 g/mol. The zero-order valence-electron chi connectivity index (χ0n) is 13.7. The van der Waals surface area contributed by atoms with Crippen LogP contribution in [0.25, 0.3) is 0 Å². The molecular weight excluding hydrogens is 276 g/mol. The van der Waals surface area contributed by atoms with E-state index in [1.54, 1.807) is 0 Å². The fraction of sp³-hybridized carbons (Fsp3) is 0.529. The van der Waals surface area contributed by atoms with Crippen molar-refractivity contribution in [3.8, 4) is 5.75 Å². The molecule has 0 bridgehead atoms. The second-order valence-corrected chi connectivity index (χ2v) is 5.52. The Kier molecular flexibility index (Phi) is 5.95. The topological polar surface area (TPSA) is 66.0 Å². The molecule has 2 aromatic rings. The van der Waals surface area contributed by atoms with Gasteiger partial charge in [0, 0.05) is 12.5 Å². The van der Waals surface area contributed by atoms with Crippen LogP contribution >= 0.6 is 0 Å². The van der Waals surface area contributed by atoms with Gasteiger partial charge < -0.3 is 10.5 Å². The fourth-order valence-electron chi connectivity index (χ4n) is 2.67. The summed E-state index contributed by atoms with van der Waals surface area (Å²) >= 11 is 0. The molecule has 120 valence electrons. The largest absolute Gasteiger partial charge is 0.492 e. The number of aromatic nitrogens is 3. The Labute approximate surface area is 132 Å². The van der Waals surface area contributed by atoms with Gasteiger partial charge in [0.1, 0.15) is 12.4 Å². The highest BCUT2D eigenvalue weighted by molar-refractivity contribution is 5.26. The SMILES string of the molecule is CCC(CC)c1c(CN)nnn1CCOc1ccc(C)cc1. The lowest BCUT2D eigenvalue weighted by atomic mass is 9.97. The van der Waals surface area contributed by atoms with Gasteiger partial charge in [-0.2, -0.15) is 0 Å². The first kappa shape index (κ1) is 16.5. The molecule has 5 nitrogen and oxygen atoms in total. The molecule has 22 heavy (non-hydrogen) atoms. The van der Waals surface area contributed by atoms with Crippen LogP contribution in [0, 0.1) is 6.92 Å². The molecule has 0 aliphatic carbocycles. The van der Waals surface area contributed by atoms with Gasteiger partial charge in [-0.25, -0.2) is 4.68 Å². The molecule has 0 saturated heterocycles. The Morgan fingerprint density at radius 2 is 1.86 bits per heavy atom. The molecule has 2 N–H and O–H groups in total. The van der Waals surface area contributed by atoms with Crippen LogP contribution in [0.15, 0.2) is 24.3 Å². The number of hydrogen-bond acceptors (Lipinski definition) is 4. The van der Waals surface area contributed by atoms with E-state index in [0.29, 0.717) is 25.6 Å². The first-order chi connectivity index (χ1) is 10.7. The van der Waals surface area contributed by atoms with E-state index in [-0.39, 0.29) is 0 Å². The van der Waals surface area contributed by atoms with Gasteiger partial charge in [0.25, 0.3) is 0 Å². The van der Waals surface area contributed by atoms with Gasteiger partial charge in [0.05, 0.1) is 17.9 Å². The van der Waals surface area contributed by atoms with E-state index in [9.17, 15) is 0 Å². The number of nitrogens with zero attached hydrogens (tertiary/aromatic N) is 3. The number of benzene rings is 1. The summed E-state index contributed by atoms with van der Waals surface area (Å²) < 4.78 is 7.74. The van der Waals surface area contributed by atoms with E-state index in [4.69, 9.17) is 10.5 Å². The van der Waals surface area contributed by atoms with Gasteiger partial charge in [-0.05, 0) is 31.9 Å². The Morgan fingerprint density at radius 3 is 2.45 bits per heavy atom. The van der Waals surface area contributed by atoms with Crippen molar-refractivity contribution in [2.75, 3.05) is 6.61 Å². The number of ether oxygens (including phenoxy) is 1. The zero-order valence-corrected chi connectivity index (χ0v) is 13.7. The van der Waals surface area contributed by atoms with Crippen molar-refractivity contribution >= 4 is 0 Å². The Morgan fingerprint density at radius 1 is 1.18 bits per heavy atom. The van der Waals surface area contributed by atoms with Gasteiger partial charge in [-0.1, -0.05) is 36.8 Å². The van der Waals surface area contributed by atoms with Crippen LogP contribution in [0.3, 0.4) is 0 Å². The summed E-state index contributed by atoms with van der Waals surface area (Å²) in [5.74, 6) is 1.33. The monoisotopic (exact) mass is 302 g/mol. The molecule has 0 fully saturated rings. The van der Waals surface area contributed by atoms with Crippen molar-refractivity contribution in [1.82, 2.24) is 15.0 Å². The lowest BCUT2D eigenvalue weighted by molar-refractivity contribution is 0.285. The highest BCUT2D eigenvalue weighted by Crippen LogP contribution is 2.25. The number of aryl methyl sites for hydroxylation is 1. The van der Waals surface area contributed by atoms with Crippen LogP contribution in [0.2, 0.25) is 0 Å². The van der Waals surface area contributed by atoms with Gasteiger partial charge in [0.2, 0.25) is 0 Å². The first-order valence-electron chi connectivity index (χ1n) is 8.01. The van der Waals surface area contributed by atoms with Crippen molar-refractivity contribution in [2.24, 2.45) is 5.73 Å². The van der Waals surface area contributed by atoms with Crippen LogP contribution in [0.5, 0.6) is 5.75 Å². The minimum atomic E-state index is 0.435. The zero-order chi connectivity index (χ0) is 15.9. The van der Waals surface area contributed by atoms with Crippen molar-refractivity contribution < 1.29 is 4.74 Å². The van der Waals surface area contributed by atoms with Gasteiger partial charge in [0.15, 0.2) is 0 Å². The minimum absolute atomic E-state index is 0.435. The van der Waals surface area contributed by atoms with Crippen LogP contribution in [-0.4, -0.2) is 21.6 Å². The van der Waals surface area contributed by atoms with Gasteiger partial charge >= 0.3 is 0 Å². The highest BCUT2D eigenvalue weighted by Gasteiger charge is 2.19. The Hall–Kier alpha value is -1.88. The molecule has 0 aliphatic rings. The molecule has 0 radical (unpaired) electrons. The molecule has 5 heteroatoms. The Bertz CT molecular complexity index is 573. The van der Waals surface area contributed by atoms with Crippen LogP contribution < -0.4 is 10.5 Å². The van der Waals surface area contributed by atoms with E-state index < -0.39 is 0 Å². The van der Waals surface area contributed by atoms with Gasteiger partial charge in [-0.15, -0.1) is 5.10 Å². The minimum Gasteiger partial charge on any atom is -0.492 e. The maximum atomic E-state index is 5.80. The summed E-state index contributed by atoms with van der Waals surface area (Å²) in [6.45, 7) is 8.14. The number of rotatable bonds is 8. The summed E-state index contributed by atoms with van der Waals surface area (Å²) in [6.07, 6.45) is 2.13. The van der Waals surface area contributed by atoms with Crippen molar-refractivity contribution in [1.29, 1.82) is 0 Å². The van der Waals surface area contributed by atoms with Crippen LogP contribution in [0.1, 0.15) is 49.6 Å². The number of hydrogen-bond donors (Lipinski definition) is 1. The normalized spacial score (nSPS) is 11.1. The maximum Gasteiger partial charge on any atom is 0.119 e. The Balaban J connectivity index is 2.03. The van der Waals surface area contributed by atoms with E-state index in [2.05, 4.69) is 31.1 Å². The third-order valence-corrected chi connectivity index (χ3v) is 4.01. The second-order valence-electron chi connectivity index (χ2n) is 5.52. The quantitative estimate of drug-likeness (QED) is 0.814. The molecule has 0 spiro atoms. The lowest BCUT2D eigenvalue weighted by Crippen LogP contribution is -2.16. The molecule has 0 aliphatic heterocycles. The number of nitrogens with two attached hydrogens (primary N) is 1. The summed E-state index contributed by atoms with van der Waals surface area (Å²) in [5, 5.41) is 8.48. The molecule has 0 unspecified atom stereocenters. The summed E-state index contributed by atoms with van der Waals surface area (Å²) in [7, 11) is 0. The van der Waals surface area contributed by atoms with E-state index >= 15 is 0 Å². The standard InChI is InChI=1S/C17H26N4O/c1-4-14(5-2)17-16(12-18)19-20-21(17)10-11-22-15-8-6-13(3)7-9-15/h6-9,14H,4-5,10-12,18H2,1-3H3. The maximum absolute atomic E-state index is 5.80. The molecule has 1 aromatic heterocycles. The molecule has 0 atom stereocenters. The van der Waals surface area contributed by atoms with Gasteiger partial charge in [-0.3, -0.25) is 0 Å². The molecule has 1 heterocycles. The summed E-state index contributed by atoms with van der Waals surface area (Å²) in [5.41, 5.74) is 9.10. The van der Waals surface area contributed by atoms with Crippen LogP contribution in [0.4, 0.5) is 0 Å². The third-order valence-electron chi connectivity index (χ3n) is 4.01. The smallest absolute Gasteiger partial charge is 0.119 e. The summed E-state index contributed by atoms with van der Waals surface area (Å²) in [4.78, 5) is 0. The van der Waals surface area contributed by atoms with E-state index in [1.165, 1.54) is 11.3 Å². The molecular formula is C17H26N4O. The van der Waals surface area contributed by atoms with Crippen molar-refractivity contribution in [2.45, 2.75) is 52.6 Å². The molecule has 1 aromatic carbocycles. The van der Waals surface area contributed by atoms with Crippen LogP contribution in [-0.2, 0) is 13.1 Å². The average Bonchev–Trinajstić information content (AvgIpc) is 2.94. The third kappa shape index (κ3) is 3.85. The molecule has 0 amide bonds. The van der Waals surface area contributed by atoms with Crippen molar-refractivity contribution in [3.05, 3.63) is 41.2 Å². The van der Waals surface area contributed by atoms with E-state index in [1.807, 2.05) is 28.9 Å². The molecule has 0 saturated carbocycles. The summed E-state index contributed by atoms with van der Waals surface area (Å²) in [6, 6.07) is 8.08. The highest BCUT2D eigenvalue weighted by atomic mass is 16.5. The second kappa shape index (κ2) is 7.94. The first-order valence-corrected chi connectivity index (χ1v) is 8.01. The van der Waals surface area contributed by atoms with E-state index in [0.717, 1.165) is 24.3 Å². The van der Waals surface area contributed by atoms with Crippen molar-refractivity contribution in [3.63, 3.8) is 0 Å². The fourth-order valence-corrected chi connectivity index (χ4v) is 2.67.